The van der Waals surface area contributed by atoms with Crippen molar-refractivity contribution in [3.8, 4) is 0 Å². The molecule has 124 valence electrons. The first-order valence-corrected chi connectivity index (χ1v) is 8.37. The van der Waals surface area contributed by atoms with E-state index < -0.39 is 0 Å². The number of hydrogen-bond donors (Lipinski definition) is 1. The molecule has 4 heteroatoms. The molecule has 0 bridgehead atoms. The highest BCUT2D eigenvalue weighted by atomic mass is 15.1. The summed E-state index contributed by atoms with van der Waals surface area (Å²) in [5.41, 5.74) is 3.36. The van der Waals surface area contributed by atoms with Crippen LogP contribution >= 0.6 is 0 Å². The lowest BCUT2D eigenvalue weighted by molar-refractivity contribution is 0.746. The number of aromatic nitrogens is 3. The van der Waals surface area contributed by atoms with E-state index >= 15 is 0 Å². The number of para-hydroxylation sites is 1. The molecule has 0 saturated heterocycles. The van der Waals surface area contributed by atoms with Crippen LogP contribution in [0.2, 0.25) is 0 Å². The van der Waals surface area contributed by atoms with Crippen LogP contribution in [0.3, 0.4) is 0 Å². The van der Waals surface area contributed by atoms with Crippen molar-refractivity contribution in [1.29, 1.82) is 0 Å². The number of nitrogens with zero attached hydrogens (tertiary/aromatic N) is 3. The smallest absolute Gasteiger partial charge is 0.135 e. The first kappa shape index (κ1) is 15.4. The Morgan fingerprint density at radius 3 is 2.52 bits per heavy atom. The quantitative estimate of drug-likeness (QED) is 0.601. The highest BCUT2D eigenvalue weighted by molar-refractivity contribution is 5.83. The Balaban J connectivity index is 1.78. The van der Waals surface area contributed by atoms with Crippen LogP contribution in [-0.4, -0.2) is 14.5 Å². The summed E-state index contributed by atoms with van der Waals surface area (Å²) < 4.78 is 2.04. The Labute approximate surface area is 147 Å². The Hall–Kier alpha value is -3.14. The second-order valence-corrected chi connectivity index (χ2v) is 6.23. The van der Waals surface area contributed by atoms with Gasteiger partial charge < -0.3 is 9.88 Å². The molecule has 0 spiro atoms. The molecule has 2 aromatic carbocycles. The molecule has 0 unspecified atom stereocenters. The van der Waals surface area contributed by atoms with Crippen molar-refractivity contribution < 1.29 is 0 Å². The molecule has 4 rings (SSSR count). The zero-order valence-corrected chi connectivity index (χ0v) is 14.3. The molecule has 4 aromatic rings. The molecule has 0 aliphatic rings. The molecule has 0 fully saturated rings. The summed E-state index contributed by atoms with van der Waals surface area (Å²) >= 11 is 0. The zero-order chi connectivity index (χ0) is 17.2. The molecule has 1 atom stereocenters. The van der Waals surface area contributed by atoms with Crippen LogP contribution in [0.4, 0.5) is 5.82 Å². The summed E-state index contributed by atoms with van der Waals surface area (Å²) in [4.78, 5) is 9.34. The summed E-state index contributed by atoms with van der Waals surface area (Å²) in [5.74, 6) is 1.81. The number of benzene rings is 2. The molecular weight excluding hydrogens is 308 g/mol. The van der Waals surface area contributed by atoms with Gasteiger partial charge in [0.15, 0.2) is 0 Å². The summed E-state index contributed by atoms with van der Waals surface area (Å²) in [5, 5.41) is 4.76. The van der Waals surface area contributed by atoms with Crippen LogP contribution in [0.5, 0.6) is 0 Å². The molecule has 0 radical (unpaired) electrons. The molecule has 2 aromatic heterocycles. The molecule has 25 heavy (non-hydrogen) atoms. The van der Waals surface area contributed by atoms with E-state index in [-0.39, 0.29) is 6.04 Å². The van der Waals surface area contributed by atoms with Crippen LogP contribution in [0, 0.1) is 6.92 Å². The molecular formula is C21H20N4. The van der Waals surface area contributed by atoms with Crippen molar-refractivity contribution >= 4 is 16.7 Å². The number of nitrogens with one attached hydrogen (secondary N) is 1. The van der Waals surface area contributed by atoms with Gasteiger partial charge in [0.05, 0.1) is 5.52 Å². The molecule has 0 amide bonds. The lowest BCUT2D eigenvalue weighted by Gasteiger charge is -2.20. The van der Waals surface area contributed by atoms with Gasteiger partial charge in [0, 0.05) is 24.8 Å². The molecule has 0 aliphatic heterocycles. The number of anilines is 1. The van der Waals surface area contributed by atoms with Crippen LogP contribution in [0.25, 0.3) is 10.9 Å². The minimum Gasteiger partial charge on any atom is -0.356 e. The fourth-order valence-corrected chi connectivity index (χ4v) is 3.17. The summed E-state index contributed by atoms with van der Waals surface area (Å²) in [6.07, 6.45) is 3.79. The van der Waals surface area contributed by atoms with E-state index in [0.29, 0.717) is 0 Å². The number of rotatable bonds is 4. The monoisotopic (exact) mass is 328 g/mol. The second-order valence-electron chi connectivity index (χ2n) is 6.23. The van der Waals surface area contributed by atoms with Crippen molar-refractivity contribution in [2.45, 2.75) is 13.0 Å². The van der Waals surface area contributed by atoms with Gasteiger partial charge >= 0.3 is 0 Å². The molecule has 0 aliphatic carbocycles. The number of pyridine rings is 1. The van der Waals surface area contributed by atoms with Crippen molar-refractivity contribution in [1.82, 2.24) is 14.5 Å². The van der Waals surface area contributed by atoms with Gasteiger partial charge in [0.25, 0.3) is 0 Å². The van der Waals surface area contributed by atoms with E-state index in [4.69, 9.17) is 4.98 Å². The molecule has 0 saturated carbocycles. The maximum atomic E-state index is 4.79. The number of hydrogen-bond acceptors (Lipinski definition) is 3. The fourth-order valence-electron chi connectivity index (χ4n) is 3.17. The van der Waals surface area contributed by atoms with E-state index in [9.17, 15) is 0 Å². The maximum Gasteiger partial charge on any atom is 0.135 e. The lowest BCUT2D eigenvalue weighted by Crippen LogP contribution is -2.17. The Morgan fingerprint density at radius 2 is 1.76 bits per heavy atom. The Bertz CT molecular complexity index is 1000. The topological polar surface area (TPSA) is 42.7 Å². The summed E-state index contributed by atoms with van der Waals surface area (Å²) in [7, 11) is 2.01. The number of imidazole rings is 1. The van der Waals surface area contributed by atoms with E-state index in [1.54, 1.807) is 0 Å². The van der Waals surface area contributed by atoms with Crippen molar-refractivity contribution in [3.63, 3.8) is 0 Å². The van der Waals surface area contributed by atoms with Crippen molar-refractivity contribution in [3.05, 3.63) is 90.0 Å². The van der Waals surface area contributed by atoms with E-state index in [2.05, 4.69) is 41.5 Å². The van der Waals surface area contributed by atoms with E-state index in [1.807, 2.05) is 60.4 Å². The van der Waals surface area contributed by atoms with Gasteiger partial charge in [-0.15, -0.1) is 0 Å². The van der Waals surface area contributed by atoms with Gasteiger partial charge in [-0.2, -0.15) is 0 Å². The van der Waals surface area contributed by atoms with E-state index in [1.165, 1.54) is 10.9 Å². The second kappa shape index (κ2) is 6.40. The normalized spacial score (nSPS) is 12.2. The molecule has 1 N–H and O–H groups in total. The Kier molecular flexibility index (Phi) is 3.94. The van der Waals surface area contributed by atoms with Gasteiger partial charge in [-0.1, -0.05) is 48.5 Å². The first-order chi connectivity index (χ1) is 12.2. The van der Waals surface area contributed by atoms with Crippen molar-refractivity contribution in [2.75, 3.05) is 5.32 Å². The minimum atomic E-state index is -0.0609. The summed E-state index contributed by atoms with van der Waals surface area (Å²) in [6.45, 7) is 2.12. The predicted octanol–water partition coefficient (Wildman–Crippen LogP) is 4.48. The van der Waals surface area contributed by atoms with Gasteiger partial charge in [-0.25, -0.2) is 9.97 Å². The zero-order valence-electron chi connectivity index (χ0n) is 14.3. The molecule has 4 nitrogen and oxygen atoms in total. The average Bonchev–Trinajstić information content (AvgIpc) is 3.06. The highest BCUT2D eigenvalue weighted by Gasteiger charge is 2.19. The molecule has 2 heterocycles. The van der Waals surface area contributed by atoms with Crippen molar-refractivity contribution in [2.24, 2.45) is 7.05 Å². The average molecular weight is 328 g/mol. The van der Waals surface area contributed by atoms with Gasteiger partial charge in [-0.05, 0) is 30.2 Å². The van der Waals surface area contributed by atoms with E-state index in [0.717, 1.165) is 22.7 Å². The SMILES string of the molecule is Cc1cc(N[C@@H](c2ccccc2)c2nccn2C)nc2ccccc12. The maximum absolute atomic E-state index is 4.79. The first-order valence-electron chi connectivity index (χ1n) is 8.37. The van der Waals surface area contributed by atoms with Gasteiger partial charge in [0.2, 0.25) is 0 Å². The number of aryl methyl sites for hydroxylation is 2. The minimum absolute atomic E-state index is 0.0609. The summed E-state index contributed by atoms with van der Waals surface area (Å²) in [6, 6.07) is 20.6. The number of fused-ring (bicyclic) bond motifs is 1. The van der Waals surface area contributed by atoms with Crippen LogP contribution in [-0.2, 0) is 7.05 Å². The standard InChI is InChI=1S/C21H20N4/c1-15-14-19(23-18-11-7-6-10-17(15)18)24-20(16-8-4-3-5-9-16)21-22-12-13-25(21)2/h3-14,20H,1-2H3,(H,23,24)/t20-/m0/s1. The highest BCUT2D eigenvalue weighted by Crippen LogP contribution is 2.27. The van der Waals surface area contributed by atoms with Crippen LogP contribution in [0.15, 0.2) is 73.1 Å². The van der Waals surface area contributed by atoms with Crippen LogP contribution in [0.1, 0.15) is 23.0 Å². The largest absolute Gasteiger partial charge is 0.356 e. The lowest BCUT2D eigenvalue weighted by atomic mass is 10.1. The Morgan fingerprint density at radius 1 is 1.00 bits per heavy atom. The predicted molar refractivity (Wildman–Crippen MR) is 102 cm³/mol. The fraction of sp³-hybridized carbons (Fsp3) is 0.143. The van der Waals surface area contributed by atoms with Crippen LogP contribution < -0.4 is 5.32 Å². The third-order valence-corrected chi connectivity index (χ3v) is 4.46. The third kappa shape index (κ3) is 2.98. The van der Waals surface area contributed by atoms with Gasteiger partial charge in [0.1, 0.15) is 17.7 Å². The third-order valence-electron chi connectivity index (χ3n) is 4.46. The van der Waals surface area contributed by atoms with Gasteiger partial charge in [-0.3, -0.25) is 0 Å².